The van der Waals surface area contributed by atoms with Gasteiger partial charge in [0.1, 0.15) is 0 Å². The van der Waals surface area contributed by atoms with E-state index in [-0.39, 0.29) is 17.8 Å². The first-order valence-electron chi connectivity index (χ1n) is 7.91. The summed E-state index contributed by atoms with van der Waals surface area (Å²) in [6.07, 6.45) is 1.08. The molecule has 0 radical (unpaired) electrons. The fourth-order valence-electron chi connectivity index (χ4n) is 2.53. The Morgan fingerprint density at radius 3 is 2.15 bits per heavy atom. The third-order valence-electron chi connectivity index (χ3n) is 3.88. The van der Waals surface area contributed by atoms with Crippen LogP contribution in [-0.2, 0) is 16.6 Å². The van der Waals surface area contributed by atoms with Crippen LogP contribution >= 0.6 is 11.6 Å². The van der Waals surface area contributed by atoms with Crippen LogP contribution in [-0.4, -0.2) is 41.8 Å². The Bertz CT molecular complexity index is 930. The number of ether oxygens (including phenoxy) is 2. The second kappa shape index (κ2) is 8.49. The minimum atomic E-state index is -3.71. The van der Waals surface area contributed by atoms with Gasteiger partial charge < -0.3 is 14.8 Å². The molecule has 0 saturated carbocycles. The van der Waals surface area contributed by atoms with E-state index in [0.29, 0.717) is 22.1 Å². The first-order valence-corrected chi connectivity index (χ1v) is 10.1. The van der Waals surface area contributed by atoms with E-state index in [1.54, 1.807) is 24.3 Å². The monoisotopic (exact) mass is 412 g/mol. The van der Waals surface area contributed by atoms with E-state index in [9.17, 15) is 13.2 Å². The van der Waals surface area contributed by atoms with Crippen molar-refractivity contribution < 1.29 is 22.7 Å². The zero-order chi connectivity index (χ0) is 20.2. The molecule has 1 amide bonds. The molecular formula is C18H21ClN2O5S. The van der Waals surface area contributed by atoms with Gasteiger partial charge in [-0.1, -0.05) is 23.7 Å². The molecule has 0 aliphatic carbocycles. The van der Waals surface area contributed by atoms with Gasteiger partial charge >= 0.3 is 0 Å². The van der Waals surface area contributed by atoms with Crippen molar-refractivity contribution in [1.29, 1.82) is 0 Å². The van der Waals surface area contributed by atoms with Gasteiger partial charge in [-0.25, -0.2) is 8.42 Å². The lowest BCUT2D eigenvalue weighted by atomic mass is 10.1. The summed E-state index contributed by atoms with van der Waals surface area (Å²) in [6.45, 7) is 0.0233. The number of rotatable bonds is 7. The summed E-state index contributed by atoms with van der Waals surface area (Å²) in [6, 6.07) is 9.71. The molecule has 2 aromatic carbocycles. The Morgan fingerprint density at radius 1 is 1.11 bits per heavy atom. The van der Waals surface area contributed by atoms with Crippen molar-refractivity contribution in [2.75, 3.05) is 31.8 Å². The molecule has 0 fully saturated rings. The zero-order valence-electron chi connectivity index (χ0n) is 15.4. The molecule has 0 atom stereocenters. The molecule has 9 heteroatoms. The summed E-state index contributed by atoms with van der Waals surface area (Å²) in [4.78, 5) is 12.4. The second-order valence-electron chi connectivity index (χ2n) is 5.70. The zero-order valence-corrected chi connectivity index (χ0v) is 17.0. The van der Waals surface area contributed by atoms with Gasteiger partial charge in [-0.05, 0) is 23.8 Å². The van der Waals surface area contributed by atoms with Gasteiger partial charge in [0.2, 0.25) is 10.0 Å². The number of nitrogens with zero attached hydrogens (tertiary/aromatic N) is 1. The van der Waals surface area contributed by atoms with Crippen molar-refractivity contribution in [3.05, 3.63) is 52.5 Å². The van der Waals surface area contributed by atoms with Crippen LogP contribution in [0.1, 0.15) is 15.9 Å². The molecule has 0 unspecified atom stereocenters. The first kappa shape index (κ1) is 20.9. The molecular weight excluding hydrogens is 392 g/mol. The van der Waals surface area contributed by atoms with Crippen LogP contribution in [0.25, 0.3) is 0 Å². The lowest BCUT2D eigenvalue weighted by Gasteiger charge is -2.26. The fourth-order valence-corrected chi connectivity index (χ4v) is 3.55. The van der Waals surface area contributed by atoms with E-state index in [1.165, 1.54) is 33.4 Å². The number of methoxy groups -OCH3 is 2. The Kier molecular flexibility index (Phi) is 6.56. The molecule has 0 spiro atoms. The summed E-state index contributed by atoms with van der Waals surface area (Å²) in [7, 11) is 0.627. The van der Waals surface area contributed by atoms with Crippen molar-refractivity contribution in [1.82, 2.24) is 5.32 Å². The van der Waals surface area contributed by atoms with E-state index in [0.717, 1.165) is 10.6 Å². The number of benzene rings is 2. The highest BCUT2D eigenvalue weighted by Crippen LogP contribution is 2.36. The van der Waals surface area contributed by atoms with Crippen molar-refractivity contribution in [2.45, 2.75) is 6.54 Å². The SMILES string of the molecule is CNC(=O)c1cc(OC)c(OC)cc1N(Cc1ccc(Cl)cc1)S(C)(=O)=O. The highest BCUT2D eigenvalue weighted by atomic mass is 35.5. The van der Waals surface area contributed by atoms with Crippen LogP contribution in [0, 0.1) is 0 Å². The number of carbonyl (C=O) groups excluding carboxylic acids is 1. The van der Waals surface area contributed by atoms with Gasteiger partial charge in [-0.2, -0.15) is 0 Å². The van der Waals surface area contributed by atoms with Gasteiger partial charge in [0, 0.05) is 18.1 Å². The number of hydrogen-bond donors (Lipinski definition) is 1. The Morgan fingerprint density at radius 2 is 1.67 bits per heavy atom. The molecule has 0 aromatic heterocycles. The summed E-state index contributed by atoms with van der Waals surface area (Å²) >= 11 is 5.90. The average Bonchev–Trinajstić information content (AvgIpc) is 2.64. The van der Waals surface area contributed by atoms with E-state index in [2.05, 4.69) is 5.32 Å². The molecule has 27 heavy (non-hydrogen) atoms. The maximum Gasteiger partial charge on any atom is 0.253 e. The molecule has 2 rings (SSSR count). The Labute approximate surface area is 163 Å². The first-order chi connectivity index (χ1) is 12.7. The molecule has 1 N–H and O–H groups in total. The van der Waals surface area contributed by atoms with Crippen molar-refractivity contribution in [3.63, 3.8) is 0 Å². The molecule has 2 aromatic rings. The maximum absolute atomic E-state index is 12.5. The molecule has 0 aliphatic heterocycles. The van der Waals surface area contributed by atoms with Crippen molar-refractivity contribution in [2.24, 2.45) is 0 Å². The van der Waals surface area contributed by atoms with Gasteiger partial charge in [-0.15, -0.1) is 0 Å². The summed E-state index contributed by atoms with van der Waals surface area (Å²) in [5.74, 6) is 0.181. The highest BCUT2D eigenvalue weighted by Gasteiger charge is 2.26. The third kappa shape index (κ3) is 4.84. The number of anilines is 1. The number of carbonyl (C=O) groups is 1. The van der Waals surface area contributed by atoms with Crippen molar-refractivity contribution in [3.8, 4) is 11.5 Å². The van der Waals surface area contributed by atoms with Gasteiger partial charge in [0.25, 0.3) is 5.91 Å². The topological polar surface area (TPSA) is 84.9 Å². The van der Waals surface area contributed by atoms with E-state index < -0.39 is 15.9 Å². The Balaban J connectivity index is 2.66. The minimum absolute atomic E-state index is 0.0233. The summed E-state index contributed by atoms with van der Waals surface area (Å²) in [5.41, 5.74) is 1.04. The van der Waals surface area contributed by atoms with E-state index in [4.69, 9.17) is 21.1 Å². The molecule has 0 heterocycles. The molecule has 0 saturated heterocycles. The van der Waals surface area contributed by atoms with Crippen LogP contribution < -0.4 is 19.1 Å². The number of nitrogens with one attached hydrogen (secondary N) is 1. The van der Waals surface area contributed by atoms with Crippen LogP contribution in [0.5, 0.6) is 11.5 Å². The van der Waals surface area contributed by atoms with Gasteiger partial charge in [0.15, 0.2) is 11.5 Å². The van der Waals surface area contributed by atoms with Crippen LogP contribution in [0.15, 0.2) is 36.4 Å². The highest BCUT2D eigenvalue weighted by molar-refractivity contribution is 7.92. The summed E-state index contributed by atoms with van der Waals surface area (Å²) < 4.78 is 36.7. The molecule has 7 nitrogen and oxygen atoms in total. The Hall–Kier alpha value is -2.45. The van der Waals surface area contributed by atoms with Gasteiger partial charge in [-0.3, -0.25) is 9.10 Å². The lowest BCUT2D eigenvalue weighted by Crippen LogP contribution is -2.32. The van der Waals surface area contributed by atoms with E-state index >= 15 is 0 Å². The predicted molar refractivity (Wildman–Crippen MR) is 105 cm³/mol. The summed E-state index contributed by atoms with van der Waals surface area (Å²) in [5, 5.41) is 3.06. The average molecular weight is 413 g/mol. The van der Waals surface area contributed by atoms with E-state index in [1.807, 2.05) is 0 Å². The van der Waals surface area contributed by atoms with Crippen LogP contribution in [0.3, 0.4) is 0 Å². The third-order valence-corrected chi connectivity index (χ3v) is 5.26. The smallest absolute Gasteiger partial charge is 0.253 e. The number of amides is 1. The van der Waals surface area contributed by atoms with Crippen LogP contribution in [0.4, 0.5) is 5.69 Å². The molecule has 0 aliphatic rings. The van der Waals surface area contributed by atoms with Crippen molar-refractivity contribution >= 4 is 33.2 Å². The molecule has 146 valence electrons. The van der Waals surface area contributed by atoms with Gasteiger partial charge in [0.05, 0.1) is 38.3 Å². The molecule has 0 bridgehead atoms. The number of hydrogen-bond acceptors (Lipinski definition) is 5. The standard InChI is InChI=1S/C18H21ClN2O5S/c1-20-18(22)14-9-16(25-2)17(26-3)10-15(14)21(27(4,23)24)11-12-5-7-13(19)8-6-12/h5-10H,11H2,1-4H3,(H,20,22). The largest absolute Gasteiger partial charge is 0.493 e. The fraction of sp³-hybridized carbons (Fsp3) is 0.278. The quantitative estimate of drug-likeness (QED) is 0.755. The lowest BCUT2D eigenvalue weighted by molar-refractivity contribution is 0.0963. The second-order valence-corrected chi connectivity index (χ2v) is 8.04. The number of halogens is 1. The number of sulfonamides is 1. The normalized spacial score (nSPS) is 11.0. The van der Waals surface area contributed by atoms with Crippen LogP contribution in [0.2, 0.25) is 5.02 Å². The minimum Gasteiger partial charge on any atom is -0.493 e. The predicted octanol–water partition coefficient (Wildman–Crippen LogP) is 2.68. The maximum atomic E-state index is 12.5.